The molecule has 0 bridgehead atoms. The van der Waals surface area contributed by atoms with Crippen molar-refractivity contribution in [3.05, 3.63) is 77.1 Å². The zero-order valence-electron chi connectivity index (χ0n) is 15.1. The van der Waals surface area contributed by atoms with Gasteiger partial charge in [-0.3, -0.25) is 9.36 Å². The predicted molar refractivity (Wildman–Crippen MR) is 112 cm³/mol. The van der Waals surface area contributed by atoms with Crippen molar-refractivity contribution < 1.29 is 4.79 Å². The van der Waals surface area contributed by atoms with Crippen molar-refractivity contribution in [2.24, 2.45) is 5.73 Å². The molecule has 2 N–H and O–H groups in total. The molecule has 0 aliphatic heterocycles. The molecule has 0 atom stereocenters. The molecule has 3 aromatic rings. The Morgan fingerprint density at radius 1 is 1.25 bits per heavy atom. The second kappa shape index (κ2) is 8.79. The van der Waals surface area contributed by atoms with E-state index in [2.05, 4.69) is 4.98 Å². The molecule has 0 radical (unpaired) electrons. The Morgan fingerprint density at radius 3 is 2.64 bits per heavy atom. The fourth-order valence-electron chi connectivity index (χ4n) is 2.69. The van der Waals surface area contributed by atoms with E-state index in [4.69, 9.17) is 22.6 Å². The summed E-state index contributed by atoms with van der Waals surface area (Å²) < 4.78 is 1.95. The zero-order chi connectivity index (χ0) is 20.1. The Kier molecular flexibility index (Phi) is 6.19. The summed E-state index contributed by atoms with van der Waals surface area (Å²) in [6.45, 7) is 1.54. The fourth-order valence-corrected chi connectivity index (χ4v) is 3.74. The Bertz CT molecular complexity index is 1080. The first kappa shape index (κ1) is 19.7. The number of Topliss-reactive ketones (excluding diaryl/α,β-unsaturated/α-hetero) is 1. The number of carbonyl (C=O) groups excluding carboxylic acids is 1. The maximum absolute atomic E-state index is 12.3. The number of hydrogen-bond acceptors (Lipinski definition) is 5. The molecule has 0 amide bonds. The number of imidazole rings is 1. The maximum atomic E-state index is 12.3. The van der Waals surface area contributed by atoms with Crippen LogP contribution in [0.2, 0.25) is 5.02 Å². The molecule has 140 valence electrons. The van der Waals surface area contributed by atoms with Gasteiger partial charge < -0.3 is 5.73 Å². The number of nitriles is 1. The van der Waals surface area contributed by atoms with Crippen LogP contribution >= 0.6 is 23.4 Å². The lowest BCUT2D eigenvalue weighted by Gasteiger charge is -2.12. The van der Waals surface area contributed by atoms with Gasteiger partial charge in [0.1, 0.15) is 11.6 Å². The topological polar surface area (TPSA) is 84.7 Å². The Labute approximate surface area is 172 Å². The van der Waals surface area contributed by atoms with E-state index in [9.17, 15) is 4.79 Å². The molecule has 28 heavy (non-hydrogen) atoms. The van der Waals surface area contributed by atoms with E-state index in [-0.39, 0.29) is 22.8 Å². The van der Waals surface area contributed by atoms with Gasteiger partial charge in [0.05, 0.1) is 17.6 Å². The SMILES string of the molecule is C/C(N)=C(\C#N)C(=O)CSc1ncc(-c2ccccc2)n1-c1cccc(Cl)c1. The number of halogens is 1. The van der Waals surface area contributed by atoms with Crippen molar-refractivity contribution in [2.45, 2.75) is 12.1 Å². The summed E-state index contributed by atoms with van der Waals surface area (Å²) in [6, 6.07) is 19.1. The van der Waals surface area contributed by atoms with E-state index in [1.165, 1.54) is 11.8 Å². The summed E-state index contributed by atoms with van der Waals surface area (Å²) >= 11 is 7.44. The van der Waals surface area contributed by atoms with Gasteiger partial charge >= 0.3 is 0 Å². The smallest absolute Gasteiger partial charge is 0.185 e. The van der Waals surface area contributed by atoms with Crippen LogP contribution in [-0.2, 0) is 4.79 Å². The lowest BCUT2D eigenvalue weighted by Crippen LogP contribution is -2.11. The van der Waals surface area contributed by atoms with Crippen molar-refractivity contribution >= 4 is 29.1 Å². The average Bonchev–Trinajstić information content (AvgIpc) is 3.11. The van der Waals surface area contributed by atoms with Crippen molar-refractivity contribution in [3.63, 3.8) is 0 Å². The highest BCUT2D eigenvalue weighted by molar-refractivity contribution is 7.99. The minimum absolute atomic E-state index is 0.0170. The molecular weight excluding hydrogens is 392 g/mol. The van der Waals surface area contributed by atoms with Crippen LogP contribution in [0.25, 0.3) is 16.9 Å². The van der Waals surface area contributed by atoms with Crippen LogP contribution in [0, 0.1) is 11.3 Å². The Morgan fingerprint density at radius 2 is 2.00 bits per heavy atom. The van der Waals surface area contributed by atoms with Crippen molar-refractivity contribution in [1.29, 1.82) is 5.26 Å². The number of nitrogens with two attached hydrogens (primary N) is 1. The number of aromatic nitrogens is 2. The van der Waals surface area contributed by atoms with E-state index < -0.39 is 0 Å². The summed E-state index contributed by atoms with van der Waals surface area (Å²) in [5, 5.41) is 10.4. The summed E-state index contributed by atoms with van der Waals surface area (Å²) in [5.41, 5.74) is 8.53. The second-order valence-electron chi connectivity index (χ2n) is 5.99. The first-order chi connectivity index (χ1) is 13.5. The van der Waals surface area contributed by atoms with Crippen molar-refractivity contribution in [2.75, 3.05) is 5.75 Å². The number of ketones is 1. The van der Waals surface area contributed by atoms with E-state index >= 15 is 0 Å². The number of benzene rings is 2. The van der Waals surface area contributed by atoms with E-state index in [1.807, 2.05) is 59.2 Å². The molecule has 0 unspecified atom stereocenters. The number of hydrogen-bond donors (Lipinski definition) is 1. The third kappa shape index (κ3) is 4.28. The van der Waals surface area contributed by atoms with Crippen LogP contribution in [0.4, 0.5) is 0 Å². The molecule has 5 nitrogen and oxygen atoms in total. The van der Waals surface area contributed by atoms with Gasteiger partial charge in [0.25, 0.3) is 0 Å². The van der Waals surface area contributed by atoms with Crippen molar-refractivity contribution in [3.8, 4) is 23.0 Å². The molecule has 2 aromatic carbocycles. The number of rotatable bonds is 6. The van der Waals surface area contributed by atoms with Gasteiger partial charge in [0.15, 0.2) is 10.9 Å². The van der Waals surface area contributed by atoms with E-state index in [0.29, 0.717) is 10.2 Å². The fraction of sp³-hybridized carbons (Fsp3) is 0.0952. The minimum atomic E-state index is -0.325. The van der Waals surface area contributed by atoms with Crippen LogP contribution in [0.1, 0.15) is 6.92 Å². The summed E-state index contributed by atoms with van der Waals surface area (Å²) in [5.74, 6) is -0.266. The number of allylic oxidation sites excluding steroid dienone is 2. The van der Waals surface area contributed by atoms with Gasteiger partial charge in [-0.25, -0.2) is 4.98 Å². The van der Waals surface area contributed by atoms with E-state index in [1.54, 1.807) is 19.2 Å². The van der Waals surface area contributed by atoms with Crippen LogP contribution in [0.5, 0.6) is 0 Å². The Balaban J connectivity index is 2.01. The highest BCUT2D eigenvalue weighted by Crippen LogP contribution is 2.31. The quantitative estimate of drug-likeness (QED) is 0.365. The summed E-state index contributed by atoms with van der Waals surface area (Å²) in [7, 11) is 0. The number of carbonyl (C=O) groups is 1. The molecule has 0 saturated carbocycles. The predicted octanol–water partition coefficient (Wildman–Crippen LogP) is 4.61. The van der Waals surface area contributed by atoms with Crippen LogP contribution in [0.3, 0.4) is 0 Å². The highest BCUT2D eigenvalue weighted by Gasteiger charge is 2.18. The molecule has 0 aliphatic carbocycles. The summed E-state index contributed by atoms with van der Waals surface area (Å²) in [4.78, 5) is 16.8. The zero-order valence-corrected chi connectivity index (χ0v) is 16.7. The molecule has 1 aromatic heterocycles. The molecule has 0 saturated heterocycles. The third-order valence-corrected chi connectivity index (χ3v) is 5.17. The number of nitrogens with zero attached hydrogens (tertiary/aromatic N) is 3. The lowest BCUT2D eigenvalue weighted by molar-refractivity contribution is -0.112. The molecule has 3 rings (SSSR count). The van der Waals surface area contributed by atoms with E-state index in [0.717, 1.165) is 16.9 Å². The third-order valence-electron chi connectivity index (χ3n) is 3.98. The van der Waals surface area contributed by atoms with Crippen LogP contribution < -0.4 is 5.73 Å². The van der Waals surface area contributed by atoms with Gasteiger partial charge in [-0.05, 0) is 25.1 Å². The maximum Gasteiger partial charge on any atom is 0.185 e. The molecule has 0 aliphatic rings. The lowest BCUT2D eigenvalue weighted by atomic mass is 10.1. The van der Waals surface area contributed by atoms with Crippen molar-refractivity contribution in [1.82, 2.24) is 9.55 Å². The average molecular weight is 409 g/mol. The normalized spacial score (nSPS) is 11.6. The molecular formula is C21H17ClN4OS. The Hall–Kier alpha value is -3.01. The standard InChI is InChI=1S/C21H17ClN4OS/c1-14(24)18(11-23)20(27)13-28-21-25-12-19(15-6-3-2-4-7-15)26(21)17-9-5-8-16(22)10-17/h2-10,12H,13,24H2,1H3/b18-14-. The van der Waals surface area contributed by atoms with Crippen LogP contribution in [-0.4, -0.2) is 21.1 Å². The van der Waals surface area contributed by atoms with Gasteiger partial charge in [0, 0.05) is 22.0 Å². The molecule has 1 heterocycles. The second-order valence-corrected chi connectivity index (χ2v) is 7.37. The first-order valence-electron chi connectivity index (χ1n) is 8.43. The largest absolute Gasteiger partial charge is 0.401 e. The molecule has 0 fully saturated rings. The minimum Gasteiger partial charge on any atom is -0.401 e. The molecule has 7 heteroatoms. The molecule has 0 spiro atoms. The first-order valence-corrected chi connectivity index (χ1v) is 9.79. The van der Waals surface area contributed by atoms with Gasteiger partial charge in [-0.1, -0.05) is 59.8 Å². The number of thioether (sulfide) groups is 1. The summed E-state index contributed by atoms with van der Waals surface area (Å²) in [6.07, 6.45) is 1.76. The van der Waals surface area contributed by atoms with Gasteiger partial charge in [0.2, 0.25) is 0 Å². The highest BCUT2D eigenvalue weighted by atomic mass is 35.5. The van der Waals surface area contributed by atoms with Gasteiger partial charge in [-0.2, -0.15) is 5.26 Å². The monoisotopic (exact) mass is 408 g/mol. The van der Waals surface area contributed by atoms with Crippen LogP contribution in [0.15, 0.2) is 77.2 Å². The van der Waals surface area contributed by atoms with Gasteiger partial charge in [-0.15, -0.1) is 0 Å².